The van der Waals surface area contributed by atoms with Gasteiger partial charge in [-0.15, -0.1) is 0 Å². The quantitative estimate of drug-likeness (QED) is 0.779. The number of hydrogen-bond acceptors (Lipinski definition) is 4. The molecule has 0 radical (unpaired) electrons. The molecule has 2 aromatic carbocycles. The summed E-state index contributed by atoms with van der Waals surface area (Å²) in [7, 11) is 1.69. The smallest absolute Gasteiger partial charge is 0.236 e. The van der Waals surface area contributed by atoms with Gasteiger partial charge < -0.3 is 14.5 Å². The maximum absolute atomic E-state index is 13.0. The van der Waals surface area contributed by atoms with Gasteiger partial charge in [0.05, 0.1) is 13.7 Å². The first-order valence-corrected chi connectivity index (χ1v) is 10.6. The van der Waals surface area contributed by atoms with Crippen LogP contribution in [0, 0.1) is 6.92 Å². The Balaban J connectivity index is 1.33. The summed E-state index contributed by atoms with van der Waals surface area (Å²) in [6.07, 6.45) is 2.26. The zero-order chi connectivity index (χ0) is 20.2. The van der Waals surface area contributed by atoms with Gasteiger partial charge in [0.15, 0.2) is 0 Å². The predicted octanol–water partition coefficient (Wildman–Crippen LogP) is 3.49. The lowest BCUT2D eigenvalue weighted by Gasteiger charge is -2.37. The van der Waals surface area contributed by atoms with Crippen LogP contribution in [0.3, 0.4) is 0 Å². The summed E-state index contributed by atoms with van der Waals surface area (Å²) >= 11 is 0. The van der Waals surface area contributed by atoms with Crippen LogP contribution in [0.4, 0.5) is 5.69 Å². The second kappa shape index (κ2) is 8.87. The first-order valence-electron chi connectivity index (χ1n) is 10.6. The Morgan fingerprint density at radius 3 is 2.48 bits per heavy atom. The number of anilines is 1. The lowest BCUT2D eigenvalue weighted by atomic mass is 10.0. The zero-order valence-corrected chi connectivity index (χ0v) is 17.5. The Morgan fingerprint density at radius 2 is 1.79 bits per heavy atom. The van der Waals surface area contributed by atoms with E-state index in [1.165, 1.54) is 16.8 Å². The Kier molecular flexibility index (Phi) is 6.05. The molecule has 2 heterocycles. The van der Waals surface area contributed by atoms with Gasteiger partial charge >= 0.3 is 0 Å². The number of likely N-dealkylation sites (tertiary alicyclic amines) is 1. The molecule has 2 aromatic rings. The van der Waals surface area contributed by atoms with Crippen LogP contribution in [0.1, 0.15) is 30.0 Å². The van der Waals surface area contributed by atoms with E-state index in [1.54, 1.807) is 7.11 Å². The highest BCUT2D eigenvalue weighted by Gasteiger charge is 2.30. The van der Waals surface area contributed by atoms with Crippen LogP contribution in [-0.2, 0) is 4.79 Å². The molecule has 0 aliphatic carbocycles. The van der Waals surface area contributed by atoms with Crippen LogP contribution < -0.4 is 9.64 Å². The fourth-order valence-electron chi connectivity index (χ4n) is 4.53. The maximum atomic E-state index is 13.0. The monoisotopic (exact) mass is 393 g/mol. The van der Waals surface area contributed by atoms with Crippen molar-refractivity contribution in [3.05, 3.63) is 59.7 Å². The summed E-state index contributed by atoms with van der Waals surface area (Å²) in [4.78, 5) is 19.7. The summed E-state index contributed by atoms with van der Waals surface area (Å²) in [5, 5.41) is 0. The van der Waals surface area contributed by atoms with Crippen molar-refractivity contribution in [1.82, 2.24) is 9.80 Å². The van der Waals surface area contributed by atoms with Gasteiger partial charge in [0, 0.05) is 37.9 Å². The van der Waals surface area contributed by atoms with E-state index >= 15 is 0 Å². The van der Waals surface area contributed by atoms with Crippen molar-refractivity contribution >= 4 is 11.6 Å². The van der Waals surface area contributed by atoms with Crippen LogP contribution in [-0.4, -0.2) is 62.1 Å². The Morgan fingerprint density at radius 1 is 1.03 bits per heavy atom. The van der Waals surface area contributed by atoms with Gasteiger partial charge in [-0.3, -0.25) is 9.69 Å². The van der Waals surface area contributed by atoms with E-state index in [0.717, 1.165) is 51.3 Å². The van der Waals surface area contributed by atoms with Crippen molar-refractivity contribution in [1.29, 1.82) is 0 Å². The van der Waals surface area contributed by atoms with E-state index in [0.29, 0.717) is 12.6 Å². The minimum atomic E-state index is 0.259. The number of carbonyl (C=O) groups is 1. The summed E-state index contributed by atoms with van der Waals surface area (Å²) in [6.45, 7) is 7.03. The van der Waals surface area contributed by atoms with Gasteiger partial charge in [0.2, 0.25) is 5.91 Å². The average Bonchev–Trinajstić information content (AvgIpc) is 3.22. The number of nitrogens with zero attached hydrogens (tertiary/aromatic N) is 3. The Labute approximate surface area is 173 Å². The maximum Gasteiger partial charge on any atom is 0.236 e. The second-order valence-corrected chi connectivity index (χ2v) is 8.11. The molecule has 0 saturated carbocycles. The summed E-state index contributed by atoms with van der Waals surface area (Å²) in [5.41, 5.74) is 3.82. The number of amides is 1. The zero-order valence-electron chi connectivity index (χ0n) is 17.5. The van der Waals surface area contributed by atoms with Gasteiger partial charge in [-0.2, -0.15) is 0 Å². The number of benzene rings is 2. The van der Waals surface area contributed by atoms with Crippen LogP contribution in [0.15, 0.2) is 48.5 Å². The fraction of sp³-hybridized carbons (Fsp3) is 0.458. The molecule has 154 valence electrons. The molecule has 2 aliphatic rings. The average molecular weight is 394 g/mol. The molecule has 2 aliphatic heterocycles. The van der Waals surface area contributed by atoms with Crippen molar-refractivity contribution in [2.75, 3.05) is 51.3 Å². The normalized spacial score (nSPS) is 20.1. The molecule has 5 heteroatoms. The van der Waals surface area contributed by atoms with E-state index in [4.69, 9.17) is 4.74 Å². The molecule has 1 atom stereocenters. The molecule has 29 heavy (non-hydrogen) atoms. The number of aryl methyl sites for hydroxylation is 1. The van der Waals surface area contributed by atoms with E-state index in [9.17, 15) is 4.79 Å². The molecule has 0 spiro atoms. The van der Waals surface area contributed by atoms with Gasteiger partial charge in [-0.1, -0.05) is 24.3 Å². The van der Waals surface area contributed by atoms with Gasteiger partial charge in [0.1, 0.15) is 5.75 Å². The number of ether oxygens (including phenoxy) is 1. The van der Waals surface area contributed by atoms with Crippen LogP contribution in [0.5, 0.6) is 5.75 Å². The highest BCUT2D eigenvalue weighted by molar-refractivity contribution is 5.78. The van der Waals surface area contributed by atoms with Crippen molar-refractivity contribution < 1.29 is 9.53 Å². The molecule has 2 fully saturated rings. The van der Waals surface area contributed by atoms with E-state index in [2.05, 4.69) is 53.1 Å². The molecule has 0 bridgehead atoms. The Hall–Kier alpha value is -2.53. The summed E-state index contributed by atoms with van der Waals surface area (Å²) < 4.78 is 5.27. The molecule has 1 amide bonds. The molecular formula is C24H31N3O2. The van der Waals surface area contributed by atoms with Crippen LogP contribution in [0.25, 0.3) is 0 Å². The number of rotatable bonds is 5. The first-order chi connectivity index (χ1) is 14.1. The largest absolute Gasteiger partial charge is 0.497 e. The lowest BCUT2D eigenvalue weighted by molar-refractivity contribution is -0.133. The van der Waals surface area contributed by atoms with Crippen LogP contribution >= 0.6 is 0 Å². The molecule has 1 unspecified atom stereocenters. The lowest BCUT2D eigenvalue weighted by Crippen LogP contribution is -2.51. The van der Waals surface area contributed by atoms with Crippen molar-refractivity contribution in [3.8, 4) is 5.75 Å². The number of carbonyl (C=O) groups excluding carboxylic acids is 1. The molecule has 0 aromatic heterocycles. The van der Waals surface area contributed by atoms with Crippen molar-refractivity contribution in [3.63, 3.8) is 0 Å². The predicted molar refractivity (Wildman–Crippen MR) is 117 cm³/mol. The standard InChI is InChI=1S/C24H31N3O2/c1-19-5-3-6-21(17-19)25-13-15-26(16-14-25)24(28)18-27-12-4-7-23(27)20-8-10-22(29-2)11-9-20/h3,5-6,8-11,17,23H,4,7,12-16,18H2,1-2H3. The second-order valence-electron chi connectivity index (χ2n) is 8.11. The first kappa shape index (κ1) is 19.8. The van der Waals surface area contributed by atoms with E-state index in [1.807, 2.05) is 17.0 Å². The minimum absolute atomic E-state index is 0.259. The van der Waals surface area contributed by atoms with Crippen molar-refractivity contribution in [2.24, 2.45) is 0 Å². The van der Waals surface area contributed by atoms with Crippen LogP contribution in [0.2, 0.25) is 0 Å². The number of hydrogen-bond donors (Lipinski definition) is 0. The van der Waals surface area contributed by atoms with E-state index in [-0.39, 0.29) is 5.91 Å². The SMILES string of the molecule is COc1ccc(C2CCCN2CC(=O)N2CCN(c3cccc(C)c3)CC2)cc1. The summed E-state index contributed by atoms with van der Waals surface area (Å²) in [5.74, 6) is 1.13. The van der Waals surface area contributed by atoms with E-state index < -0.39 is 0 Å². The molecule has 2 saturated heterocycles. The van der Waals surface area contributed by atoms with Gasteiger partial charge in [0.25, 0.3) is 0 Å². The summed E-state index contributed by atoms with van der Waals surface area (Å²) in [6, 6.07) is 17.2. The highest BCUT2D eigenvalue weighted by atomic mass is 16.5. The number of piperazine rings is 1. The third kappa shape index (κ3) is 4.56. The molecule has 5 nitrogen and oxygen atoms in total. The molecule has 4 rings (SSSR count). The third-order valence-corrected chi connectivity index (χ3v) is 6.20. The number of methoxy groups -OCH3 is 1. The highest BCUT2D eigenvalue weighted by Crippen LogP contribution is 2.32. The fourth-order valence-corrected chi connectivity index (χ4v) is 4.53. The van der Waals surface area contributed by atoms with Crippen molar-refractivity contribution in [2.45, 2.75) is 25.8 Å². The van der Waals surface area contributed by atoms with Gasteiger partial charge in [-0.25, -0.2) is 0 Å². The Bertz CT molecular complexity index is 828. The molecular weight excluding hydrogens is 362 g/mol. The van der Waals surface area contributed by atoms with Gasteiger partial charge in [-0.05, 0) is 61.7 Å². The third-order valence-electron chi connectivity index (χ3n) is 6.20. The molecule has 0 N–H and O–H groups in total. The topological polar surface area (TPSA) is 36.0 Å². The minimum Gasteiger partial charge on any atom is -0.497 e.